The predicted molar refractivity (Wildman–Crippen MR) is 86.2 cm³/mol. The summed E-state index contributed by atoms with van der Waals surface area (Å²) in [4.78, 5) is 27.8. The summed E-state index contributed by atoms with van der Waals surface area (Å²) < 4.78 is 1.76. The molecule has 0 atom stereocenters. The van der Waals surface area contributed by atoms with Gasteiger partial charge in [-0.25, -0.2) is 9.78 Å². The number of imidazole rings is 1. The highest BCUT2D eigenvalue weighted by atomic mass is 35.5. The van der Waals surface area contributed by atoms with Gasteiger partial charge in [-0.05, 0) is 31.1 Å². The summed E-state index contributed by atoms with van der Waals surface area (Å²) in [7, 11) is 0. The molecule has 0 radical (unpaired) electrons. The topological polar surface area (TPSA) is 83.7 Å². The highest BCUT2D eigenvalue weighted by Gasteiger charge is 2.42. The number of carboxylic acid groups (broad SMARTS) is 1. The minimum Gasteiger partial charge on any atom is -0.480 e. The molecule has 6 nitrogen and oxygen atoms in total. The lowest BCUT2D eigenvalue weighted by Crippen LogP contribution is -2.52. The zero-order valence-corrected chi connectivity index (χ0v) is 13.1. The van der Waals surface area contributed by atoms with Gasteiger partial charge in [0.05, 0.1) is 5.69 Å². The number of pyridine rings is 1. The van der Waals surface area contributed by atoms with Crippen molar-refractivity contribution >= 4 is 35.2 Å². The van der Waals surface area contributed by atoms with Crippen LogP contribution in [0.2, 0.25) is 5.15 Å². The van der Waals surface area contributed by atoms with E-state index in [0.29, 0.717) is 24.2 Å². The molecule has 2 N–H and O–H groups in total. The number of nitrogens with one attached hydrogen (secondary N) is 1. The number of nitrogens with zero attached hydrogens (tertiary/aromatic N) is 2. The molecule has 0 bridgehead atoms. The number of aromatic nitrogens is 2. The number of carbonyl (C=O) groups excluding carboxylic acids is 1. The molecule has 1 aliphatic carbocycles. The van der Waals surface area contributed by atoms with E-state index >= 15 is 0 Å². The Labute approximate surface area is 137 Å². The van der Waals surface area contributed by atoms with Crippen molar-refractivity contribution in [1.29, 1.82) is 0 Å². The molecule has 0 aliphatic heterocycles. The SMILES string of the molecule is O=C(C=Cc1c(Cl)nc2ccccn12)NC1(C(=O)O)CCCC1. The number of fused-ring (bicyclic) bond motifs is 1. The largest absolute Gasteiger partial charge is 0.480 e. The first kappa shape index (κ1) is 15.6. The van der Waals surface area contributed by atoms with Crippen LogP contribution in [-0.2, 0) is 9.59 Å². The van der Waals surface area contributed by atoms with Gasteiger partial charge < -0.3 is 10.4 Å². The number of hydrogen-bond acceptors (Lipinski definition) is 3. The lowest BCUT2D eigenvalue weighted by atomic mass is 9.98. The summed E-state index contributed by atoms with van der Waals surface area (Å²) in [6.45, 7) is 0. The van der Waals surface area contributed by atoms with E-state index in [2.05, 4.69) is 10.3 Å². The maximum absolute atomic E-state index is 12.1. The highest BCUT2D eigenvalue weighted by molar-refractivity contribution is 6.31. The number of amides is 1. The maximum Gasteiger partial charge on any atom is 0.329 e. The van der Waals surface area contributed by atoms with Crippen molar-refractivity contribution in [3.63, 3.8) is 0 Å². The molecule has 0 unspecified atom stereocenters. The van der Waals surface area contributed by atoms with E-state index in [1.807, 2.05) is 12.1 Å². The first-order valence-corrected chi connectivity index (χ1v) is 7.76. The van der Waals surface area contributed by atoms with Crippen LogP contribution in [0, 0.1) is 0 Å². The third-order valence-electron chi connectivity index (χ3n) is 4.14. The highest BCUT2D eigenvalue weighted by Crippen LogP contribution is 2.30. The van der Waals surface area contributed by atoms with E-state index < -0.39 is 17.4 Å². The van der Waals surface area contributed by atoms with Gasteiger partial charge >= 0.3 is 5.97 Å². The van der Waals surface area contributed by atoms with E-state index in [1.54, 1.807) is 22.7 Å². The van der Waals surface area contributed by atoms with E-state index in [9.17, 15) is 14.7 Å². The van der Waals surface area contributed by atoms with Crippen LogP contribution in [0.4, 0.5) is 0 Å². The van der Waals surface area contributed by atoms with Crippen LogP contribution in [0.25, 0.3) is 11.7 Å². The van der Waals surface area contributed by atoms with Crippen molar-refractivity contribution in [3.05, 3.63) is 41.3 Å². The van der Waals surface area contributed by atoms with Crippen LogP contribution in [0.15, 0.2) is 30.5 Å². The third kappa shape index (κ3) is 2.94. The summed E-state index contributed by atoms with van der Waals surface area (Å²) in [5.41, 5.74) is 0.105. The lowest BCUT2D eigenvalue weighted by molar-refractivity contribution is -0.146. The fraction of sp³-hybridized carbons (Fsp3) is 0.312. The second kappa shape index (κ2) is 6.04. The molecule has 7 heteroatoms. The smallest absolute Gasteiger partial charge is 0.329 e. The van der Waals surface area contributed by atoms with Gasteiger partial charge in [0.25, 0.3) is 0 Å². The molecule has 1 saturated carbocycles. The zero-order valence-electron chi connectivity index (χ0n) is 12.3. The number of carboxylic acids is 1. The molecule has 3 rings (SSSR count). The maximum atomic E-state index is 12.1. The van der Waals surface area contributed by atoms with E-state index in [0.717, 1.165) is 12.8 Å². The van der Waals surface area contributed by atoms with E-state index in [-0.39, 0.29) is 5.15 Å². The Morgan fingerprint density at radius 1 is 1.35 bits per heavy atom. The first-order chi connectivity index (χ1) is 11.0. The number of carbonyl (C=O) groups is 2. The summed E-state index contributed by atoms with van der Waals surface area (Å²) >= 11 is 6.09. The van der Waals surface area contributed by atoms with Crippen molar-refractivity contribution in [3.8, 4) is 0 Å². The Morgan fingerprint density at radius 2 is 2.09 bits per heavy atom. The molecule has 2 aromatic rings. The Balaban J connectivity index is 1.80. The minimum absolute atomic E-state index is 0.286. The van der Waals surface area contributed by atoms with Crippen molar-refractivity contribution in [2.75, 3.05) is 0 Å². The Hall–Kier alpha value is -2.34. The molecular formula is C16H16ClN3O3. The van der Waals surface area contributed by atoms with Crippen molar-refractivity contribution in [2.24, 2.45) is 0 Å². The third-order valence-corrected chi connectivity index (χ3v) is 4.42. The summed E-state index contributed by atoms with van der Waals surface area (Å²) in [5, 5.41) is 12.3. The fourth-order valence-electron chi connectivity index (χ4n) is 2.94. The van der Waals surface area contributed by atoms with Gasteiger partial charge in [0.1, 0.15) is 11.2 Å². The van der Waals surface area contributed by atoms with Gasteiger partial charge in [-0.3, -0.25) is 9.20 Å². The minimum atomic E-state index is -1.15. The number of halogens is 1. The molecule has 0 aromatic carbocycles. The molecule has 1 amide bonds. The van der Waals surface area contributed by atoms with Gasteiger partial charge in [-0.2, -0.15) is 0 Å². The molecule has 1 aliphatic rings. The molecule has 1 fully saturated rings. The molecule has 120 valence electrons. The second-order valence-corrected chi connectivity index (χ2v) is 5.99. The van der Waals surface area contributed by atoms with Crippen LogP contribution in [0.3, 0.4) is 0 Å². The molecule has 2 aromatic heterocycles. The van der Waals surface area contributed by atoms with Gasteiger partial charge in [0.15, 0.2) is 5.15 Å². The van der Waals surface area contributed by atoms with E-state index in [4.69, 9.17) is 11.6 Å². The summed E-state index contributed by atoms with van der Waals surface area (Å²) in [5.74, 6) is -1.43. The average molecular weight is 334 g/mol. The monoisotopic (exact) mass is 333 g/mol. The summed E-state index contributed by atoms with van der Waals surface area (Å²) in [6.07, 6.45) is 7.15. The van der Waals surface area contributed by atoms with Crippen LogP contribution >= 0.6 is 11.6 Å². The van der Waals surface area contributed by atoms with Crippen molar-refractivity contribution < 1.29 is 14.7 Å². The number of aliphatic carboxylic acids is 1. The van der Waals surface area contributed by atoms with Crippen LogP contribution in [-0.4, -0.2) is 31.9 Å². The quantitative estimate of drug-likeness (QED) is 0.842. The first-order valence-electron chi connectivity index (χ1n) is 7.38. The van der Waals surface area contributed by atoms with Gasteiger partial charge in [-0.1, -0.05) is 30.5 Å². The van der Waals surface area contributed by atoms with Crippen LogP contribution in [0.1, 0.15) is 31.4 Å². The van der Waals surface area contributed by atoms with Gasteiger partial charge in [-0.15, -0.1) is 0 Å². The standard InChI is InChI=1S/C16H16ClN3O3/c17-14-11(20-10-4-1-5-12(20)18-14)6-7-13(21)19-16(15(22)23)8-2-3-9-16/h1,4-7,10H,2-3,8-9H2,(H,19,21)(H,22,23). The Kier molecular flexibility index (Phi) is 4.09. The molecule has 23 heavy (non-hydrogen) atoms. The zero-order chi connectivity index (χ0) is 16.4. The lowest BCUT2D eigenvalue weighted by Gasteiger charge is -2.24. The molecule has 2 heterocycles. The van der Waals surface area contributed by atoms with E-state index in [1.165, 1.54) is 6.08 Å². The normalized spacial score (nSPS) is 16.9. The van der Waals surface area contributed by atoms with Crippen LogP contribution < -0.4 is 5.32 Å². The average Bonchev–Trinajstić information content (AvgIpc) is 3.10. The summed E-state index contributed by atoms with van der Waals surface area (Å²) in [6, 6.07) is 5.48. The fourth-order valence-corrected chi connectivity index (χ4v) is 3.18. The predicted octanol–water partition coefficient (Wildman–Crippen LogP) is 2.51. The number of hydrogen-bond donors (Lipinski definition) is 2. The van der Waals surface area contributed by atoms with Crippen molar-refractivity contribution in [2.45, 2.75) is 31.2 Å². The molecule has 0 saturated heterocycles. The molecule has 0 spiro atoms. The van der Waals surface area contributed by atoms with Crippen molar-refractivity contribution in [1.82, 2.24) is 14.7 Å². The Morgan fingerprint density at radius 3 is 2.78 bits per heavy atom. The van der Waals surface area contributed by atoms with Crippen LogP contribution in [0.5, 0.6) is 0 Å². The van der Waals surface area contributed by atoms with Gasteiger partial charge in [0, 0.05) is 12.3 Å². The number of rotatable bonds is 4. The molecular weight excluding hydrogens is 318 g/mol. The Bertz CT molecular complexity index is 791. The van der Waals surface area contributed by atoms with Gasteiger partial charge in [0.2, 0.25) is 5.91 Å². The second-order valence-electron chi connectivity index (χ2n) is 5.63.